The molecule has 11 aliphatic rings. The number of allylic oxidation sites excluding steroid dienone is 2. The fourth-order valence-corrected chi connectivity index (χ4v) is 18.5. The van der Waals surface area contributed by atoms with Gasteiger partial charge in [0.05, 0.1) is 82.4 Å². The van der Waals surface area contributed by atoms with Crippen molar-refractivity contribution in [3.63, 3.8) is 0 Å². The summed E-state index contributed by atoms with van der Waals surface area (Å²) in [6.07, 6.45) is -39.7. The molecule has 0 amide bonds. The highest BCUT2D eigenvalue weighted by molar-refractivity contribution is 5.80. The topological polar surface area (TPSA) is 490 Å². The molecular formula is C69H114O32. The molecule has 10 fully saturated rings. The van der Waals surface area contributed by atoms with Gasteiger partial charge in [-0.05, 0) is 112 Å². The van der Waals surface area contributed by atoms with Crippen LogP contribution in [0.15, 0.2) is 11.6 Å². The van der Waals surface area contributed by atoms with Gasteiger partial charge >= 0.3 is 5.97 Å². The van der Waals surface area contributed by atoms with Crippen LogP contribution in [0.2, 0.25) is 0 Å². The lowest BCUT2D eigenvalue weighted by Crippen LogP contribution is -2.66. The second kappa shape index (κ2) is 31.9. The molecule has 101 heavy (non-hydrogen) atoms. The molecule has 0 aromatic carbocycles. The largest absolute Gasteiger partial charge is 0.432 e. The number of fused-ring (bicyclic) bond motifs is 5. The summed E-state index contributed by atoms with van der Waals surface area (Å²) >= 11 is 0. The minimum Gasteiger partial charge on any atom is -0.432 e. The fraction of sp³-hybridized carbons (Fsp3) is 0.957. The first-order valence-electron chi connectivity index (χ1n) is 36.4. The van der Waals surface area contributed by atoms with Crippen LogP contribution in [0.3, 0.4) is 0 Å². The predicted molar refractivity (Wildman–Crippen MR) is 341 cm³/mol. The van der Waals surface area contributed by atoms with Crippen molar-refractivity contribution in [2.45, 2.75) is 329 Å². The van der Waals surface area contributed by atoms with E-state index in [1.807, 2.05) is 6.92 Å². The second-order valence-electron chi connectivity index (χ2n) is 32.2. The van der Waals surface area contributed by atoms with Crippen molar-refractivity contribution in [2.24, 2.45) is 44.8 Å². The number of hydrogen-bond acceptors (Lipinski definition) is 32. The molecule has 3 saturated carbocycles. The summed E-state index contributed by atoms with van der Waals surface area (Å²) in [5.74, 6) is -1.90. The van der Waals surface area contributed by atoms with E-state index >= 15 is 4.79 Å². The zero-order valence-electron chi connectivity index (χ0n) is 58.9. The summed E-state index contributed by atoms with van der Waals surface area (Å²) in [6, 6.07) is 0. The Balaban J connectivity index is 0.814. The van der Waals surface area contributed by atoms with Gasteiger partial charge in [-0.3, -0.25) is 4.79 Å². The van der Waals surface area contributed by atoms with Crippen molar-refractivity contribution in [3.8, 4) is 0 Å². The van der Waals surface area contributed by atoms with Crippen molar-refractivity contribution >= 4 is 5.97 Å². The Kier molecular flexibility index (Phi) is 25.3. The standard InChI is InChI=1S/C69H114O32/c1-9-10-36(73)58(100-62-51(85)55(48(82)41(24-70)94-62)98-59-49(83)46(80)38(75)25-89-59)66(6,28-71)31-13-15-67(7)32(19-31)11-12-34-35-22-65(4,5)16-17-69(35,42(78)23-68(34,67)8)64(87)101-63-57(47(81)39(76)26-91-63)99-61-52(86)56(95-43-20-33(72)14-18-88-43)53(30(3)93-61)97-60-50(84)54(40(77)27-90-60)96-44-21-37(74)45(79)29(2)92-44/h12,29-33,35-63,70-86H,9-11,13-28H2,1-8H3/t29-,30-,31+,32+,33-,35-,36-,37-,38+,39-,40+,41+,42+,43-,44-,45-,46-,47-,48+,49+,50+,51+,52+,53-,54-,55-,56-,57+,58-,59-,60-,61-,62-,63-,66-,67+,68+,69+/m0/s1. The Hall–Kier alpha value is -1.99. The summed E-state index contributed by atoms with van der Waals surface area (Å²) in [4.78, 5) is 15.7. The van der Waals surface area contributed by atoms with Gasteiger partial charge in [-0.25, -0.2) is 0 Å². The highest BCUT2D eigenvalue weighted by atomic mass is 16.8. The molecule has 0 radical (unpaired) electrons. The Morgan fingerprint density at radius 2 is 1.23 bits per heavy atom. The molecule has 0 aromatic heterocycles. The highest BCUT2D eigenvalue weighted by Crippen LogP contribution is 2.72. The molecule has 0 bridgehead atoms. The Morgan fingerprint density at radius 3 is 1.90 bits per heavy atom. The van der Waals surface area contributed by atoms with Crippen LogP contribution in [0.5, 0.6) is 0 Å². The van der Waals surface area contributed by atoms with E-state index in [2.05, 4.69) is 33.8 Å². The number of hydrogen-bond donors (Lipinski definition) is 17. The maximum absolute atomic E-state index is 15.7. The minimum atomic E-state index is -1.88. The summed E-state index contributed by atoms with van der Waals surface area (Å²) in [6.45, 7) is 12.7. The molecule has 7 saturated heterocycles. The molecule has 7 aliphatic heterocycles. The molecule has 7 heterocycles. The second-order valence-corrected chi connectivity index (χ2v) is 32.2. The zero-order valence-corrected chi connectivity index (χ0v) is 58.9. The Labute approximate surface area is 587 Å². The van der Waals surface area contributed by atoms with Crippen LogP contribution in [0.25, 0.3) is 0 Å². The van der Waals surface area contributed by atoms with Gasteiger partial charge < -0.3 is 153 Å². The van der Waals surface area contributed by atoms with E-state index in [-0.39, 0.29) is 56.0 Å². The quantitative estimate of drug-likeness (QED) is 0.0398. The van der Waals surface area contributed by atoms with Crippen LogP contribution >= 0.6 is 0 Å². The molecule has 11 rings (SSSR count). The molecule has 582 valence electrons. The molecule has 0 spiro atoms. The molecule has 38 atom stereocenters. The van der Waals surface area contributed by atoms with E-state index in [1.54, 1.807) is 6.92 Å². The van der Waals surface area contributed by atoms with Crippen molar-refractivity contribution in [1.29, 1.82) is 0 Å². The van der Waals surface area contributed by atoms with Gasteiger partial charge in [0.2, 0.25) is 6.29 Å². The van der Waals surface area contributed by atoms with Crippen LogP contribution in [0, 0.1) is 44.8 Å². The van der Waals surface area contributed by atoms with Gasteiger partial charge in [-0.1, -0.05) is 59.6 Å². The van der Waals surface area contributed by atoms with E-state index in [0.29, 0.717) is 51.4 Å². The van der Waals surface area contributed by atoms with E-state index in [1.165, 1.54) is 13.8 Å². The number of ether oxygens (including phenoxy) is 14. The van der Waals surface area contributed by atoms with Crippen molar-refractivity contribution in [3.05, 3.63) is 11.6 Å². The molecule has 17 N–H and O–H groups in total. The lowest BCUT2D eigenvalue weighted by atomic mass is 9.37. The molecule has 32 nitrogen and oxygen atoms in total. The number of esters is 1. The lowest BCUT2D eigenvalue weighted by molar-refractivity contribution is -0.386. The molecular weight excluding hydrogens is 1340 g/mol. The van der Waals surface area contributed by atoms with Crippen LogP contribution in [-0.4, -0.2) is 323 Å². The Bertz CT molecular complexity index is 2740. The van der Waals surface area contributed by atoms with Crippen molar-refractivity contribution in [2.75, 3.05) is 39.6 Å². The number of carbonyl (C=O) groups excluding carboxylic acids is 1. The SMILES string of the molecule is CCC[C@H](O)[C@H](O[C@@H]1O[C@H](CO)[C@@H](O)[C@H](O[C@@H]2OC[C@@H](O)[C@H](O)[C@H]2O)[C@H]1O)[C@@](C)(CO)[C@@H]1CC[C@]2(C)[C@H](CC=C3[C@@H]4CC(C)(C)CC[C@]4(C(=O)O[C@@H]4OC[C@H](O)[C@H](O)[C@H]4O[C@@H]4O[C@@H](C)[C@H](O[C@@H]5OC[C@@H](O)[C@H](O[C@H]6C[C@H](O)[C@@H](O)[C@H](C)O6)[C@H]5O)[C@@H](O[C@H]5C[C@@H](O)CCO5)[C@H]4O)[C@H](O)C[C@]32C)C1. The number of carbonyl (C=O) groups is 1. The van der Waals surface area contributed by atoms with Crippen LogP contribution in [0.4, 0.5) is 0 Å². The first kappa shape index (κ1) is 80.0. The number of aliphatic hydroxyl groups is 17. The van der Waals surface area contributed by atoms with Gasteiger partial charge in [-0.2, -0.15) is 0 Å². The van der Waals surface area contributed by atoms with E-state index in [9.17, 15) is 86.8 Å². The van der Waals surface area contributed by atoms with Gasteiger partial charge in [0.25, 0.3) is 0 Å². The maximum Gasteiger partial charge on any atom is 0.317 e. The van der Waals surface area contributed by atoms with Gasteiger partial charge in [0.15, 0.2) is 43.8 Å². The minimum absolute atomic E-state index is 0.0329. The average molecular weight is 1460 g/mol. The van der Waals surface area contributed by atoms with Gasteiger partial charge in [0, 0.05) is 18.3 Å². The van der Waals surface area contributed by atoms with Crippen LogP contribution in [0.1, 0.15) is 139 Å². The monoisotopic (exact) mass is 1450 g/mol. The normalized spacial score (nSPS) is 50.8. The third kappa shape index (κ3) is 15.4. The molecule has 32 heteroatoms. The van der Waals surface area contributed by atoms with Crippen LogP contribution < -0.4 is 0 Å². The summed E-state index contributed by atoms with van der Waals surface area (Å²) < 4.78 is 85.0. The first-order chi connectivity index (χ1) is 47.6. The third-order valence-corrected chi connectivity index (χ3v) is 25.2. The van der Waals surface area contributed by atoms with Crippen molar-refractivity contribution in [1.82, 2.24) is 0 Å². The van der Waals surface area contributed by atoms with Crippen LogP contribution in [-0.2, 0) is 71.1 Å². The fourth-order valence-electron chi connectivity index (χ4n) is 18.5. The predicted octanol–water partition coefficient (Wildman–Crippen LogP) is -3.17. The summed E-state index contributed by atoms with van der Waals surface area (Å²) in [5.41, 5.74) is -3.49. The third-order valence-electron chi connectivity index (χ3n) is 25.2. The molecule has 0 unspecified atom stereocenters. The molecule has 0 aromatic rings. The van der Waals surface area contributed by atoms with Crippen molar-refractivity contribution < 1.29 is 158 Å². The summed E-state index contributed by atoms with van der Waals surface area (Å²) in [7, 11) is 0. The average Bonchev–Trinajstić information content (AvgIpc) is 0.683. The maximum atomic E-state index is 15.7. The van der Waals surface area contributed by atoms with E-state index in [4.69, 9.17) is 66.3 Å². The zero-order chi connectivity index (χ0) is 73.3. The van der Waals surface area contributed by atoms with E-state index in [0.717, 1.165) is 5.57 Å². The van der Waals surface area contributed by atoms with E-state index < -0.39 is 257 Å². The highest BCUT2D eigenvalue weighted by Gasteiger charge is 2.70. The number of aliphatic hydroxyl groups excluding tert-OH is 17. The van der Waals surface area contributed by atoms with Gasteiger partial charge in [-0.15, -0.1) is 0 Å². The number of rotatable bonds is 21. The lowest BCUT2D eigenvalue weighted by Gasteiger charge is -2.67. The smallest absolute Gasteiger partial charge is 0.317 e. The summed E-state index contributed by atoms with van der Waals surface area (Å²) in [5, 5.41) is 191. The first-order valence-corrected chi connectivity index (χ1v) is 36.4. The molecule has 4 aliphatic carbocycles. The Morgan fingerprint density at radius 1 is 0.594 bits per heavy atom. The van der Waals surface area contributed by atoms with Gasteiger partial charge in [0.1, 0.15) is 103 Å².